The maximum absolute atomic E-state index is 12.9. The number of carbonyl (C=O) groups excluding carboxylic acids is 2. The van der Waals surface area contributed by atoms with Gasteiger partial charge in [0.15, 0.2) is 11.3 Å². The molecular formula is C19H23ClN2O3. The van der Waals surface area contributed by atoms with Crippen LogP contribution in [0.25, 0.3) is 11.0 Å². The molecule has 1 unspecified atom stereocenters. The van der Waals surface area contributed by atoms with Crippen molar-refractivity contribution in [1.82, 2.24) is 10.2 Å². The number of furan rings is 1. The zero-order valence-corrected chi connectivity index (χ0v) is 15.4. The number of rotatable bonds is 4. The van der Waals surface area contributed by atoms with Gasteiger partial charge in [0.05, 0.1) is 10.9 Å². The molecule has 0 saturated carbocycles. The molecule has 0 spiro atoms. The second-order valence-electron chi connectivity index (χ2n) is 6.55. The minimum absolute atomic E-state index is 0.0312. The number of benzene rings is 1. The van der Waals surface area contributed by atoms with Crippen LogP contribution in [0.15, 0.2) is 22.6 Å². The summed E-state index contributed by atoms with van der Waals surface area (Å²) in [5.74, 6) is 0.0247. The third-order valence-corrected chi connectivity index (χ3v) is 5.04. The van der Waals surface area contributed by atoms with Gasteiger partial charge in [0.25, 0.3) is 5.91 Å². The standard InChI is InChI=1S/C19H23ClN2O3/c1-3-9-21-18(23)13-6-5-10-22(11-13)19(24)16-12(2)14-7-4-8-15(20)17(14)25-16/h4,7-8,13H,3,5-6,9-11H2,1-2H3,(H,21,23). The van der Waals surface area contributed by atoms with Gasteiger partial charge in [0, 0.05) is 30.6 Å². The molecule has 134 valence electrons. The maximum Gasteiger partial charge on any atom is 0.289 e. The lowest BCUT2D eigenvalue weighted by atomic mass is 9.96. The Morgan fingerprint density at radius 2 is 2.20 bits per heavy atom. The Balaban J connectivity index is 1.80. The molecule has 1 aromatic heterocycles. The zero-order valence-electron chi connectivity index (χ0n) is 14.6. The average molecular weight is 363 g/mol. The first-order valence-electron chi connectivity index (χ1n) is 8.77. The molecule has 1 aliphatic heterocycles. The first-order valence-corrected chi connectivity index (χ1v) is 9.15. The summed E-state index contributed by atoms with van der Waals surface area (Å²) < 4.78 is 5.78. The topological polar surface area (TPSA) is 62.6 Å². The largest absolute Gasteiger partial charge is 0.449 e. The number of hydrogen-bond donors (Lipinski definition) is 1. The number of nitrogens with zero attached hydrogens (tertiary/aromatic N) is 1. The van der Waals surface area contributed by atoms with Crippen LogP contribution in [0.4, 0.5) is 0 Å². The predicted molar refractivity (Wildman–Crippen MR) is 97.9 cm³/mol. The van der Waals surface area contributed by atoms with Crippen molar-refractivity contribution in [2.24, 2.45) is 5.92 Å². The van der Waals surface area contributed by atoms with E-state index in [1.165, 1.54) is 0 Å². The smallest absolute Gasteiger partial charge is 0.289 e. The fourth-order valence-corrected chi connectivity index (χ4v) is 3.54. The van der Waals surface area contributed by atoms with Crippen LogP contribution in [0.3, 0.4) is 0 Å². The second kappa shape index (κ2) is 7.48. The van der Waals surface area contributed by atoms with Crippen LogP contribution in [-0.2, 0) is 4.79 Å². The minimum Gasteiger partial charge on any atom is -0.449 e. The Hall–Kier alpha value is -2.01. The van der Waals surface area contributed by atoms with Crippen molar-refractivity contribution >= 4 is 34.4 Å². The molecule has 3 rings (SSSR count). The number of fused-ring (bicyclic) bond motifs is 1. The lowest BCUT2D eigenvalue weighted by molar-refractivity contribution is -0.126. The third kappa shape index (κ3) is 3.52. The molecule has 6 heteroatoms. The highest BCUT2D eigenvalue weighted by molar-refractivity contribution is 6.35. The van der Waals surface area contributed by atoms with E-state index in [2.05, 4.69) is 5.32 Å². The van der Waals surface area contributed by atoms with E-state index in [1.807, 2.05) is 26.0 Å². The van der Waals surface area contributed by atoms with Crippen molar-refractivity contribution in [1.29, 1.82) is 0 Å². The number of para-hydroxylation sites is 1. The van der Waals surface area contributed by atoms with Crippen molar-refractivity contribution in [2.75, 3.05) is 19.6 Å². The molecular weight excluding hydrogens is 340 g/mol. The number of aryl methyl sites for hydroxylation is 1. The van der Waals surface area contributed by atoms with Crippen LogP contribution >= 0.6 is 11.6 Å². The molecule has 1 atom stereocenters. The third-order valence-electron chi connectivity index (χ3n) is 4.74. The van der Waals surface area contributed by atoms with Gasteiger partial charge >= 0.3 is 0 Å². The Kier molecular flexibility index (Phi) is 5.33. The molecule has 2 amide bonds. The summed E-state index contributed by atoms with van der Waals surface area (Å²) in [6, 6.07) is 5.49. The number of hydrogen-bond acceptors (Lipinski definition) is 3. The quantitative estimate of drug-likeness (QED) is 0.900. The summed E-state index contributed by atoms with van der Waals surface area (Å²) in [4.78, 5) is 26.9. The van der Waals surface area contributed by atoms with Crippen molar-refractivity contribution in [2.45, 2.75) is 33.1 Å². The Morgan fingerprint density at radius 1 is 1.40 bits per heavy atom. The van der Waals surface area contributed by atoms with E-state index in [4.69, 9.17) is 16.0 Å². The van der Waals surface area contributed by atoms with E-state index in [0.29, 0.717) is 36.0 Å². The number of amides is 2. The molecule has 2 aromatic rings. The van der Waals surface area contributed by atoms with Crippen LogP contribution in [0.5, 0.6) is 0 Å². The number of carbonyl (C=O) groups is 2. The van der Waals surface area contributed by atoms with Gasteiger partial charge in [-0.2, -0.15) is 0 Å². The van der Waals surface area contributed by atoms with Crippen LogP contribution < -0.4 is 5.32 Å². The molecule has 0 radical (unpaired) electrons. The van der Waals surface area contributed by atoms with Crippen molar-refractivity contribution < 1.29 is 14.0 Å². The van der Waals surface area contributed by atoms with Gasteiger partial charge in [0.1, 0.15) is 0 Å². The molecule has 1 fully saturated rings. The molecule has 25 heavy (non-hydrogen) atoms. The van der Waals surface area contributed by atoms with E-state index in [1.54, 1.807) is 11.0 Å². The molecule has 1 aliphatic rings. The van der Waals surface area contributed by atoms with Crippen LogP contribution in [0.1, 0.15) is 42.3 Å². The van der Waals surface area contributed by atoms with Gasteiger partial charge in [0.2, 0.25) is 5.91 Å². The van der Waals surface area contributed by atoms with Gasteiger partial charge in [-0.1, -0.05) is 30.7 Å². The monoisotopic (exact) mass is 362 g/mol. The minimum atomic E-state index is -0.169. The number of halogens is 1. The SMILES string of the molecule is CCCNC(=O)C1CCCN(C(=O)c2oc3c(Cl)cccc3c2C)C1. The first kappa shape index (κ1) is 17.8. The normalized spacial score (nSPS) is 17.7. The summed E-state index contributed by atoms with van der Waals surface area (Å²) >= 11 is 6.17. The molecule has 0 aliphatic carbocycles. The van der Waals surface area contributed by atoms with E-state index in [-0.39, 0.29) is 17.7 Å². The molecule has 2 heterocycles. The maximum atomic E-state index is 12.9. The Morgan fingerprint density at radius 3 is 2.92 bits per heavy atom. The highest BCUT2D eigenvalue weighted by Crippen LogP contribution is 2.32. The molecule has 0 bridgehead atoms. The van der Waals surface area contributed by atoms with E-state index in [9.17, 15) is 9.59 Å². The fourth-order valence-electron chi connectivity index (χ4n) is 3.32. The average Bonchev–Trinajstić information content (AvgIpc) is 2.97. The van der Waals surface area contributed by atoms with Crippen molar-refractivity contribution in [3.05, 3.63) is 34.5 Å². The van der Waals surface area contributed by atoms with Crippen LogP contribution in [0.2, 0.25) is 5.02 Å². The second-order valence-corrected chi connectivity index (χ2v) is 6.96. The van der Waals surface area contributed by atoms with E-state index < -0.39 is 0 Å². The summed E-state index contributed by atoms with van der Waals surface area (Å²) in [6.45, 7) is 5.63. The first-order chi connectivity index (χ1) is 12.0. The molecule has 1 aromatic carbocycles. The van der Waals surface area contributed by atoms with Gasteiger partial charge in [-0.05, 0) is 32.3 Å². The van der Waals surface area contributed by atoms with Crippen LogP contribution in [0, 0.1) is 12.8 Å². The lowest BCUT2D eigenvalue weighted by Gasteiger charge is -2.31. The highest BCUT2D eigenvalue weighted by Gasteiger charge is 2.31. The summed E-state index contributed by atoms with van der Waals surface area (Å²) in [6.07, 6.45) is 2.53. The lowest BCUT2D eigenvalue weighted by Crippen LogP contribution is -2.45. The number of piperidine rings is 1. The fraction of sp³-hybridized carbons (Fsp3) is 0.474. The van der Waals surface area contributed by atoms with Gasteiger partial charge in [-0.3, -0.25) is 9.59 Å². The van der Waals surface area contributed by atoms with Crippen molar-refractivity contribution in [3.63, 3.8) is 0 Å². The molecule has 1 N–H and O–H groups in total. The summed E-state index contributed by atoms with van der Waals surface area (Å²) in [7, 11) is 0. The zero-order chi connectivity index (χ0) is 18.0. The Labute approximate surface area is 152 Å². The number of nitrogens with one attached hydrogen (secondary N) is 1. The van der Waals surface area contributed by atoms with Gasteiger partial charge < -0.3 is 14.6 Å². The van der Waals surface area contributed by atoms with E-state index in [0.717, 1.165) is 30.2 Å². The molecule has 1 saturated heterocycles. The van der Waals surface area contributed by atoms with Crippen LogP contribution in [-0.4, -0.2) is 36.3 Å². The highest BCUT2D eigenvalue weighted by atomic mass is 35.5. The van der Waals surface area contributed by atoms with Gasteiger partial charge in [-0.15, -0.1) is 0 Å². The number of likely N-dealkylation sites (tertiary alicyclic amines) is 1. The summed E-state index contributed by atoms with van der Waals surface area (Å²) in [5, 5.41) is 4.27. The molecule has 5 nitrogen and oxygen atoms in total. The summed E-state index contributed by atoms with van der Waals surface area (Å²) in [5.41, 5.74) is 1.33. The van der Waals surface area contributed by atoms with Crippen molar-refractivity contribution in [3.8, 4) is 0 Å². The predicted octanol–water partition coefficient (Wildman–Crippen LogP) is 3.77. The Bertz CT molecular complexity index is 799. The van der Waals surface area contributed by atoms with Gasteiger partial charge in [-0.25, -0.2) is 0 Å². The van der Waals surface area contributed by atoms with E-state index >= 15 is 0 Å².